The largest absolute Gasteiger partial charge is 0.382 e. The van der Waals surface area contributed by atoms with Crippen molar-refractivity contribution in [2.45, 2.75) is 0 Å². The van der Waals surface area contributed by atoms with Crippen LogP contribution in [0.3, 0.4) is 0 Å². The monoisotopic (exact) mass is 355 g/mol. The fraction of sp³-hybridized carbons (Fsp3) is 0. The van der Waals surface area contributed by atoms with Gasteiger partial charge in [0.05, 0.1) is 11.3 Å². The van der Waals surface area contributed by atoms with Crippen molar-refractivity contribution in [1.82, 2.24) is 5.43 Å². The van der Waals surface area contributed by atoms with Gasteiger partial charge in [0.1, 0.15) is 5.71 Å². The summed E-state index contributed by atoms with van der Waals surface area (Å²) in [6.07, 6.45) is 0. The molecule has 0 atom stereocenters. The minimum absolute atomic E-state index is 0.0891. The van der Waals surface area contributed by atoms with E-state index in [0.717, 1.165) is 22.0 Å². The maximum Gasteiger partial charge on any atom is 0.290 e. The molecule has 0 spiro atoms. The number of amidine groups is 1. The molecule has 132 valence electrons. The van der Waals surface area contributed by atoms with Crippen LogP contribution in [-0.4, -0.2) is 17.5 Å². The number of carbonyl (C=O) groups excluding carboxylic acids is 1. The van der Waals surface area contributed by atoms with Crippen LogP contribution in [0.15, 0.2) is 83.5 Å². The van der Waals surface area contributed by atoms with Crippen LogP contribution >= 0.6 is 0 Å². The summed E-state index contributed by atoms with van der Waals surface area (Å²) in [5.74, 6) is -0.501. The number of para-hydroxylation sites is 1. The number of rotatable bonds is 3. The predicted molar refractivity (Wildman–Crippen MR) is 108 cm³/mol. The van der Waals surface area contributed by atoms with E-state index in [1.807, 2.05) is 72.8 Å². The second-order valence-electron chi connectivity index (χ2n) is 6.12. The van der Waals surface area contributed by atoms with Gasteiger partial charge in [0.15, 0.2) is 5.84 Å². The summed E-state index contributed by atoms with van der Waals surface area (Å²) < 4.78 is 0. The topological polar surface area (TPSA) is 103 Å². The Hall–Kier alpha value is -3.93. The maximum absolute atomic E-state index is 12.0. The molecule has 0 radical (unpaired) electrons. The molecule has 0 saturated carbocycles. The number of nitrogens with two attached hydrogens (primary N) is 1. The van der Waals surface area contributed by atoms with Crippen molar-refractivity contribution in [1.29, 1.82) is 5.41 Å². The molecule has 5 N–H and O–H groups in total. The molecule has 0 aromatic heterocycles. The Balaban J connectivity index is 1.93. The highest BCUT2D eigenvalue weighted by Gasteiger charge is 2.27. The molecule has 1 aliphatic rings. The first-order valence-electron chi connectivity index (χ1n) is 8.42. The number of benzene rings is 3. The average Bonchev–Trinajstić information content (AvgIpc) is 2.71. The minimum atomic E-state index is -0.590. The lowest BCUT2D eigenvalue weighted by Crippen LogP contribution is -2.40. The van der Waals surface area contributed by atoms with Crippen molar-refractivity contribution in [2.24, 2.45) is 10.8 Å². The highest BCUT2D eigenvalue weighted by atomic mass is 16.2. The fourth-order valence-corrected chi connectivity index (χ4v) is 3.01. The molecule has 1 heterocycles. The van der Waals surface area contributed by atoms with Crippen LogP contribution in [-0.2, 0) is 4.79 Å². The zero-order valence-electron chi connectivity index (χ0n) is 14.4. The van der Waals surface area contributed by atoms with Gasteiger partial charge >= 0.3 is 0 Å². The first-order valence-corrected chi connectivity index (χ1v) is 8.42. The molecule has 0 saturated heterocycles. The van der Waals surface area contributed by atoms with Crippen molar-refractivity contribution in [2.75, 3.05) is 5.32 Å². The van der Waals surface area contributed by atoms with Crippen molar-refractivity contribution >= 4 is 39.6 Å². The van der Waals surface area contributed by atoms with Gasteiger partial charge in [0, 0.05) is 5.69 Å². The Morgan fingerprint density at radius 1 is 0.963 bits per heavy atom. The first-order chi connectivity index (χ1) is 13.1. The summed E-state index contributed by atoms with van der Waals surface area (Å²) in [6.45, 7) is 0. The van der Waals surface area contributed by atoms with Gasteiger partial charge in [-0.3, -0.25) is 10.2 Å². The minimum Gasteiger partial charge on any atom is -0.382 e. The van der Waals surface area contributed by atoms with Gasteiger partial charge in [-0.05, 0) is 34.5 Å². The van der Waals surface area contributed by atoms with Crippen molar-refractivity contribution in [3.63, 3.8) is 0 Å². The van der Waals surface area contributed by atoms with Gasteiger partial charge in [0.2, 0.25) is 0 Å². The molecule has 3 aromatic carbocycles. The zero-order chi connectivity index (χ0) is 18.8. The van der Waals surface area contributed by atoms with E-state index in [1.54, 1.807) is 0 Å². The summed E-state index contributed by atoms with van der Waals surface area (Å²) in [5.41, 5.74) is 10.5. The molecule has 6 nitrogen and oxygen atoms in total. The van der Waals surface area contributed by atoms with Gasteiger partial charge in [-0.15, -0.1) is 0 Å². The highest BCUT2D eigenvalue weighted by molar-refractivity contribution is 6.53. The van der Waals surface area contributed by atoms with Crippen LogP contribution in [0.1, 0.15) is 5.56 Å². The molecule has 1 amide bonds. The summed E-state index contributed by atoms with van der Waals surface area (Å²) in [5, 5.41) is 17.5. The summed E-state index contributed by atoms with van der Waals surface area (Å²) in [4.78, 5) is 12.0. The Bertz CT molecular complexity index is 1120. The third-order valence-electron chi connectivity index (χ3n) is 4.34. The van der Waals surface area contributed by atoms with E-state index in [0.29, 0.717) is 5.70 Å². The van der Waals surface area contributed by atoms with Crippen LogP contribution in [0.5, 0.6) is 0 Å². The van der Waals surface area contributed by atoms with Gasteiger partial charge in [0.25, 0.3) is 5.91 Å². The smallest absolute Gasteiger partial charge is 0.290 e. The van der Waals surface area contributed by atoms with Crippen LogP contribution in [0.25, 0.3) is 16.5 Å². The summed E-state index contributed by atoms with van der Waals surface area (Å²) >= 11 is 0. The molecule has 1 aliphatic heterocycles. The number of nitrogens with zero attached hydrogens (tertiary/aromatic N) is 1. The van der Waals surface area contributed by atoms with E-state index in [2.05, 4.69) is 15.8 Å². The Labute approximate surface area is 155 Å². The lowest BCUT2D eigenvalue weighted by atomic mass is 9.97. The predicted octanol–water partition coefficient (Wildman–Crippen LogP) is 3.08. The lowest BCUT2D eigenvalue weighted by Gasteiger charge is -2.20. The number of hydrazone groups is 1. The summed E-state index contributed by atoms with van der Waals surface area (Å²) in [6, 6.07) is 23.5. The number of carbonyl (C=O) groups is 1. The third-order valence-corrected chi connectivity index (χ3v) is 4.34. The lowest BCUT2D eigenvalue weighted by molar-refractivity contribution is -0.114. The van der Waals surface area contributed by atoms with Crippen LogP contribution < -0.4 is 16.5 Å². The van der Waals surface area contributed by atoms with E-state index in [4.69, 9.17) is 11.1 Å². The number of amides is 1. The number of nitrogens with one attached hydrogen (secondary N) is 3. The summed E-state index contributed by atoms with van der Waals surface area (Å²) in [7, 11) is 0. The van der Waals surface area contributed by atoms with Crippen molar-refractivity contribution in [3.05, 3.63) is 83.9 Å². The quantitative estimate of drug-likeness (QED) is 0.580. The average molecular weight is 355 g/mol. The van der Waals surface area contributed by atoms with Gasteiger partial charge < -0.3 is 11.1 Å². The van der Waals surface area contributed by atoms with Gasteiger partial charge in [-0.25, -0.2) is 5.43 Å². The van der Waals surface area contributed by atoms with E-state index < -0.39 is 5.91 Å². The number of anilines is 1. The van der Waals surface area contributed by atoms with E-state index in [1.165, 1.54) is 0 Å². The number of hydrogen-bond donors (Lipinski definition) is 4. The van der Waals surface area contributed by atoms with E-state index in [9.17, 15) is 4.79 Å². The van der Waals surface area contributed by atoms with Gasteiger partial charge in [-0.1, -0.05) is 54.6 Å². The molecule has 4 rings (SSSR count). The number of hydrogen-bond acceptors (Lipinski definition) is 5. The van der Waals surface area contributed by atoms with Gasteiger partial charge in [-0.2, -0.15) is 5.10 Å². The van der Waals surface area contributed by atoms with E-state index in [-0.39, 0.29) is 17.1 Å². The Morgan fingerprint density at radius 3 is 2.44 bits per heavy atom. The fourth-order valence-electron chi connectivity index (χ4n) is 3.01. The molecule has 0 aliphatic carbocycles. The molecule has 0 fully saturated rings. The Morgan fingerprint density at radius 2 is 1.67 bits per heavy atom. The molecule has 0 unspecified atom stereocenters. The second-order valence-corrected chi connectivity index (χ2v) is 6.12. The van der Waals surface area contributed by atoms with Crippen LogP contribution in [0.4, 0.5) is 5.69 Å². The molecule has 6 heteroatoms. The molecule has 0 bridgehead atoms. The SMILES string of the molecule is N=C1C(=O)NN=C(N)/C1=C(/Nc1ccccc1)c1ccc2ccccc2c1. The zero-order valence-corrected chi connectivity index (χ0v) is 14.4. The van der Waals surface area contributed by atoms with E-state index >= 15 is 0 Å². The normalized spacial score (nSPS) is 15.9. The standard InChI is InChI=1S/C21H17N5O/c22-18-17(20(23)25-26-21(18)27)19(24-16-8-2-1-3-9-16)15-11-10-13-6-4-5-7-14(13)12-15/h1-12,22,24H,(H2,23,25)(H,26,27)/b19-17+,22-18?. The first kappa shape index (κ1) is 16.5. The molecule has 3 aromatic rings. The second kappa shape index (κ2) is 6.76. The molecular weight excluding hydrogens is 338 g/mol. The van der Waals surface area contributed by atoms with Crippen LogP contribution in [0, 0.1) is 5.41 Å². The van der Waals surface area contributed by atoms with Crippen molar-refractivity contribution < 1.29 is 4.79 Å². The molecule has 27 heavy (non-hydrogen) atoms. The van der Waals surface area contributed by atoms with Crippen molar-refractivity contribution in [3.8, 4) is 0 Å². The number of fused-ring (bicyclic) bond motifs is 1. The Kier molecular flexibility index (Phi) is 4.14. The molecular formula is C21H17N5O. The highest BCUT2D eigenvalue weighted by Crippen LogP contribution is 2.27. The maximum atomic E-state index is 12.0. The van der Waals surface area contributed by atoms with Crippen LogP contribution in [0.2, 0.25) is 0 Å². The third kappa shape index (κ3) is 3.16.